The van der Waals surface area contributed by atoms with Crippen LogP contribution in [0.15, 0.2) is 72.4 Å². The number of anilines is 3. The van der Waals surface area contributed by atoms with E-state index in [1.54, 1.807) is 0 Å². The lowest BCUT2D eigenvalue weighted by Gasteiger charge is -2.19. The van der Waals surface area contributed by atoms with E-state index in [2.05, 4.69) is 5.32 Å². The Hall–Kier alpha value is -3.86. The molecular weight excluding hydrogens is 398 g/mol. The van der Waals surface area contributed by atoms with E-state index in [-0.39, 0.29) is 17.5 Å². The number of amides is 2. The van der Waals surface area contributed by atoms with Gasteiger partial charge in [0.2, 0.25) is 0 Å². The summed E-state index contributed by atoms with van der Waals surface area (Å²) in [5.74, 6) is -0.670. The van der Waals surface area contributed by atoms with Crippen LogP contribution in [-0.2, 0) is 9.59 Å². The van der Waals surface area contributed by atoms with Crippen molar-refractivity contribution in [3.8, 4) is 0 Å². The van der Waals surface area contributed by atoms with Crippen molar-refractivity contribution in [2.75, 3.05) is 29.2 Å². The van der Waals surface area contributed by atoms with Crippen LogP contribution in [0, 0.1) is 20.8 Å². The van der Waals surface area contributed by atoms with E-state index in [1.165, 1.54) is 4.90 Å². The summed E-state index contributed by atoms with van der Waals surface area (Å²) < 4.78 is 0. The number of hydrogen-bond acceptors (Lipinski definition) is 4. The summed E-state index contributed by atoms with van der Waals surface area (Å²) >= 11 is 0. The van der Waals surface area contributed by atoms with Crippen LogP contribution in [0.4, 0.5) is 17.1 Å². The quantitative estimate of drug-likeness (QED) is 0.580. The molecule has 162 valence electrons. The second-order valence-corrected chi connectivity index (χ2v) is 8.35. The van der Waals surface area contributed by atoms with Crippen molar-refractivity contribution in [2.24, 2.45) is 0 Å². The molecule has 0 atom stereocenters. The maximum atomic E-state index is 13.6. The lowest BCUT2D eigenvalue weighted by molar-refractivity contribution is -0.120. The van der Waals surface area contributed by atoms with Gasteiger partial charge < -0.3 is 10.2 Å². The molecule has 0 aliphatic carbocycles. The summed E-state index contributed by atoms with van der Waals surface area (Å²) in [5, 5.41) is 3.23. The van der Waals surface area contributed by atoms with Gasteiger partial charge >= 0.3 is 0 Å². The highest BCUT2D eigenvalue weighted by atomic mass is 16.2. The van der Waals surface area contributed by atoms with Crippen molar-refractivity contribution >= 4 is 34.4 Å². The van der Waals surface area contributed by atoms with E-state index in [0.717, 1.165) is 28.1 Å². The van der Waals surface area contributed by atoms with Crippen molar-refractivity contribution in [3.05, 3.63) is 94.7 Å². The Bertz CT molecular complexity index is 1220. The Labute approximate surface area is 189 Å². The van der Waals surface area contributed by atoms with Crippen LogP contribution < -0.4 is 15.1 Å². The molecule has 0 saturated carbocycles. The zero-order valence-electron chi connectivity index (χ0n) is 19.1. The van der Waals surface area contributed by atoms with Gasteiger partial charge in [0.15, 0.2) is 0 Å². The van der Waals surface area contributed by atoms with Crippen molar-refractivity contribution < 1.29 is 9.59 Å². The molecule has 1 aliphatic heterocycles. The molecule has 0 radical (unpaired) electrons. The number of rotatable bonds is 5. The molecule has 3 aromatic rings. The number of carbonyl (C=O) groups is 2. The molecule has 1 N–H and O–H groups in total. The van der Waals surface area contributed by atoms with Crippen LogP contribution in [-0.4, -0.2) is 25.9 Å². The molecule has 32 heavy (non-hydrogen) atoms. The summed E-state index contributed by atoms with van der Waals surface area (Å²) in [6.45, 7) is 5.90. The van der Waals surface area contributed by atoms with E-state index in [0.29, 0.717) is 16.8 Å². The van der Waals surface area contributed by atoms with Crippen molar-refractivity contribution in [1.82, 2.24) is 0 Å². The second kappa shape index (κ2) is 8.35. The van der Waals surface area contributed by atoms with Gasteiger partial charge in [0.1, 0.15) is 5.70 Å². The Morgan fingerprint density at radius 3 is 2.06 bits per heavy atom. The molecule has 0 saturated heterocycles. The molecule has 1 heterocycles. The van der Waals surface area contributed by atoms with Gasteiger partial charge in [-0.1, -0.05) is 42.0 Å². The first-order valence-corrected chi connectivity index (χ1v) is 10.6. The minimum absolute atomic E-state index is 0.289. The summed E-state index contributed by atoms with van der Waals surface area (Å²) in [5.41, 5.74) is 6.83. The number of hydrogen-bond donors (Lipinski definition) is 1. The molecule has 0 bridgehead atoms. The second-order valence-electron chi connectivity index (χ2n) is 8.35. The monoisotopic (exact) mass is 425 g/mol. The molecule has 0 spiro atoms. The summed E-state index contributed by atoms with van der Waals surface area (Å²) in [6, 6.07) is 21.1. The van der Waals surface area contributed by atoms with E-state index in [4.69, 9.17) is 0 Å². The first kappa shape index (κ1) is 21.4. The number of imide groups is 1. The number of benzene rings is 3. The van der Waals surface area contributed by atoms with Crippen LogP contribution in [0.5, 0.6) is 0 Å². The van der Waals surface area contributed by atoms with E-state index >= 15 is 0 Å². The SMILES string of the molecule is Cc1ccc(C2=C(Nc3ccc(N(C)C)cc3)C(=O)N(c3cccc(C)c3C)C2=O)cc1. The van der Waals surface area contributed by atoms with Crippen molar-refractivity contribution in [2.45, 2.75) is 20.8 Å². The molecule has 4 rings (SSSR count). The zero-order chi connectivity index (χ0) is 23.0. The van der Waals surface area contributed by atoms with Gasteiger partial charge in [-0.05, 0) is 67.8 Å². The predicted octanol–water partition coefficient (Wildman–Crippen LogP) is 5.07. The molecule has 2 amide bonds. The van der Waals surface area contributed by atoms with Crippen LogP contribution in [0.3, 0.4) is 0 Å². The normalized spacial score (nSPS) is 13.7. The van der Waals surface area contributed by atoms with Gasteiger partial charge in [-0.2, -0.15) is 0 Å². The summed E-state index contributed by atoms with van der Waals surface area (Å²) in [7, 11) is 3.95. The van der Waals surface area contributed by atoms with Gasteiger partial charge in [-0.25, -0.2) is 4.90 Å². The third-order valence-electron chi connectivity index (χ3n) is 5.89. The predicted molar refractivity (Wildman–Crippen MR) is 131 cm³/mol. The Kier molecular flexibility index (Phi) is 5.57. The minimum atomic E-state index is -0.351. The number of aryl methyl sites for hydroxylation is 2. The van der Waals surface area contributed by atoms with Crippen molar-refractivity contribution in [1.29, 1.82) is 0 Å². The van der Waals surface area contributed by atoms with Crippen LogP contribution in [0.2, 0.25) is 0 Å². The first-order chi connectivity index (χ1) is 15.3. The highest BCUT2D eigenvalue weighted by Gasteiger charge is 2.40. The number of carbonyl (C=O) groups excluding carboxylic acids is 2. The fourth-order valence-corrected chi connectivity index (χ4v) is 3.82. The highest BCUT2D eigenvalue weighted by molar-refractivity contribution is 6.46. The van der Waals surface area contributed by atoms with E-state index < -0.39 is 0 Å². The van der Waals surface area contributed by atoms with Crippen LogP contribution in [0.25, 0.3) is 5.57 Å². The topological polar surface area (TPSA) is 52.7 Å². The summed E-state index contributed by atoms with van der Waals surface area (Å²) in [4.78, 5) is 30.5. The fraction of sp³-hybridized carbons (Fsp3) is 0.185. The number of nitrogens with zero attached hydrogens (tertiary/aromatic N) is 2. The van der Waals surface area contributed by atoms with E-state index in [9.17, 15) is 9.59 Å². The molecule has 5 nitrogen and oxygen atoms in total. The Morgan fingerprint density at radius 1 is 0.781 bits per heavy atom. The largest absolute Gasteiger partial charge is 0.378 e. The van der Waals surface area contributed by atoms with Gasteiger partial charge in [-0.3, -0.25) is 9.59 Å². The van der Waals surface area contributed by atoms with Crippen molar-refractivity contribution in [3.63, 3.8) is 0 Å². The smallest absolute Gasteiger partial charge is 0.282 e. The average Bonchev–Trinajstić information content (AvgIpc) is 3.01. The fourth-order valence-electron chi connectivity index (χ4n) is 3.82. The Balaban J connectivity index is 1.81. The van der Waals surface area contributed by atoms with Crippen LogP contribution in [0.1, 0.15) is 22.3 Å². The Morgan fingerprint density at radius 2 is 1.44 bits per heavy atom. The molecule has 1 aliphatic rings. The first-order valence-electron chi connectivity index (χ1n) is 10.6. The minimum Gasteiger partial charge on any atom is -0.378 e. The number of nitrogens with one attached hydrogen (secondary N) is 1. The maximum absolute atomic E-state index is 13.6. The maximum Gasteiger partial charge on any atom is 0.282 e. The highest BCUT2D eigenvalue weighted by Crippen LogP contribution is 2.36. The standard InChI is InChI=1S/C27H27N3O2/c1-17-9-11-20(12-10-17)24-25(28-21-13-15-22(16-14-21)29(4)5)27(32)30(26(24)31)23-8-6-7-18(2)19(23)3/h6-16,28H,1-5H3. The summed E-state index contributed by atoms with van der Waals surface area (Å²) in [6.07, 6.45) is 0. The molecule has 3 aromatic carbocycles. The third-order valence-corrected chi connectivity index (χ3v) is 5.89. The lowest BCUT2D eigenvalue weighted by Crippen LogP contribution is -2.33. The average molecular weight is 426 g/mol. The van der Waals surface area contributed by atoms with Gasteiger partial charge in [0.25, 0.3) is 11.8 Å². The molecule has 0 unspecified atom stereocenters. The molecule has 5 heteroatoms. The van der Waals surface area contributed by atoms with Gasteiger partial charge in [-0.15, -0.1) is 0 Å². The zero-order valence-corrected chi connectivity index (χ0v) is 19.1. The lowest BCUT2D eigenvalue weighted by atomic mass is 10.0. The molecule has 0 aromatic heterocycles. The third kappa shape index (κ3) is 3.78. The van der Waals surface area contributed by atoms with Crippen LogP contribution >= 0.6 is 0 Å². The van der Waals surface area contributed by atoms with E-state index in [1.807, 2.05) is 106 Å². The van der Waals surface area contributed by atoms with Gasteiger partial charge in [0, 0.05) is 25.5 Å². The molecule has 0 fully saturated rings. The van der Waals surface area contributed by atoms with Gasteiger partial charge in [0.05, 0.1) is 11.3 Å². The molecular formula is C27H27N3O2.